The van der Waals surface area contributed by atoms with Crippen LogP contribution in [0.2, 0.25) is 5.02 Å². The number of carbonyl (C=O) groups excluding carboxylic acids is 1. The van der Waals surface area contributed by atoms with Gasteiger partial charge in [0, 0.05) is 42.6 Å². The molecule has 2 aromatic carbocycles. The van der Waals surface area contributed by atoms with Gasteiger partial charge in [0.25, 0.3) is 0 Å². The SMILES string of the molecule is C[C@@H](C(=O)Nc1ccc(F)cc1)N1CCN(c2ccc(Cl)cc2)CC1. The van der Waals surface area contributed by atoms with Gasteiger partial charge in [0.15, 0.2) is 0 Å². The van der Waals surface area contributed by atoms with E-state index in [-0.39, 0.29) is 17.8 Å². The van der Waals surface area contributed by atoms with Crippen LogP contribution < -0.4 is 10.2 Å². The number of benzene rings is 2. The highest BCUT2D eigenvalue weighted by Gasteiger charge is 2.25. The Hall–Kier alpha value is -2.11. The highest BCUT2D eigenvalue weighted by molar-refractivity contribution is 6.30. The van der Waals surface area contributed by atoms with Gasteiger partial charge in [-0.2, -0.15) is 0 Å². The van der Waals surface area contributed by atoms with E-state index in [0.717, 1.165) is 36.9 Å². The van der Waals surface area contributed by atoms with Crippen LogP contribution in [0.5, 0.6) is 0 Å². The fourth-order valence-electron chi connectivity index (χ4n) is 2.97. The molecule has 1 saturated heterocycles. The van der Waals surface area contributed by atoms with Crippen molar-refractivity contribution < 1.29 is 9.18 Å². The minimum Gasteiger partial charge on any atom is -0.369 e. The summed E-state index contributed by atoms with van der Waals surface area (Å²) < 4.78 is 12.9. The normalized spacial score (nSPS) is 16.5. The molecule has 2 aromatic rings. The predicted molar refractivity (Wildman–Crippen MR) is 99.7 cm³/mol. The van der Waals surface area contributed by atoms with Crippen molar-refractivity contribution in [2.45, 2.75) is 13.0 Å². The molecule has 25 heavy (non-hydrogen) atoms. The van der Waals surface area contributed by atoms with Crippen LogP contribution >= 0.6 is 11.6 Å². The van der Waals surface area contributed by atoms with E-state index in [1.165, 1.54) is 12.1 Å². The van der Waals surface area contributed by atoms with Gasteiger partial charge in [-0.3, -0.25) is 9.69 Å². The number of rotatable bonds is 4. The molecule has 1 atom stereocenters. The maximum absolute atomic E-state index is 12.9. The highest BCUT2D eigenvalue weighted by atomic mass is 35.5. The number of halogens is 2. The number of nitrogens with zero attached hydrogens (tertiary/aromatic N) is 2. The third kappa shape index (κ3) is 4.50. The number of hydrogen-bond acceptors (Lipinski definition) is 3. The van der Waals surface area contributed by atoms with Crippen molar-refractivity contribution in [3.8, 4) is 0 Å². The molecule has 0 unspecified atom stereocenters. The van der Waals surface area contributed by atoms with Crippen molar-refractivity contribution in [3.05, 3.63) is 59.4 Å². The molecule has 4 nitrogen and oxygen atoms in total. The van der Waals surface area contributed by atoms with E-state index < -0.39 is 0 Å². The molecule has 6 heteroatoms. The highest BCUT2D eigenvalue weighted by Crippen LogP contribution is 2.20. The number of nitrogens with one attached hydrogen (secondary N) is 1. The third-order valence-electron chi connectivity index (χ3n) is 4.54. The van der Waals surface area contributed by atoms with Crippen LogP contribution in [0.3, 0.4) is 0 Å². The van der Waals surface area contributed by atoms with Gasteiger partial charge in [-0.25, -0.2) is 4.39 Å². The molecule has 3 rings (SSSR count). The monoisotopic (exact) mass is 361 g/mol. The molecule has 0 aliphatic carbocycles. The van der Waals surface area contributed by atoms with Gasteiger partial charge in [0.1, 0.15) is 5.82 Å². The van der Waals surface area contributed by atoms with Gasteiger partial charge in [0.05, 0.1) is 6.04 Å². The second-order valence-electron chi connectivity index (χ2n) is 6.17. The predicted octanol–water partition coefficient (Wildman–Crippen LogP) is 3.63. The molecule has 0 aromatic heterocycles. The van der Waals surface area contributed by atoms with Crippen LogP contribution in [0.4, 0.5) is 15.8 Å². The van der Waals surface area contributed by atoms with E-state index in [2.05, 4.69) is 15.1 Å². The first kappa shape index (κ1) is 17.7. The van der Waals surface area contributed by atoms with Gasteiger partial charge in [-0.15, -0.1) is 0 Å². The Balaban J connectivity index is 1.53. The molecular weight excluding hydrogens is 341 g/mol. The Labute approximate surface area is 152 Å². The summed E-state index contributed by atoms with van der Waals surface area (Å²) in [7, 11) is 0. The Kier molecular flexibility index (Phi) is 5.56. The van der Waals surface area contributed by atoms with Crippen LogP contribution in [-0.2, 0) is 4.79 Å². The van der Waals surface area contributed by atoms with Crippen LogP contribution in [0, 0.1) is 5.82 Å². The van der Waals surface area contributed by atoms with E-state index in [0.29, 0.717) is 5.69 Å². The lowest BCUT2D eigenvalue weighted by Crippen LogP contribution is -2.52. The standard InChI is InChI=1S/C19H21ClFN3O/c1-14(19(25)22-17-6-4-16(21)5-7-17)23-10-12-24(13-11-23)18-8-2-15(20)3-9-18/h2-9,14H,10-13H2,1H3,(H,22,25)/t14-/m0/s1. The Morgan fingerprint density at radius 3 is 2.24 bits per heavy atom. The van der Waals surface area contributed by atoms with Gasteiger partial charge in [-0.05, 0) is 55.5 Å². The maximum Gasteiger partial charge on any atom is 0.241 e. The molecule has 0 bridgehead atoms. The number of hydrogen-bond donors (Lipinski definition) is 1. The second-order valence-corrected chi connectivity index (χ2v) is 6.61. The van der Waals surface area contributed by atoms with E-state index in [1.54, 1.807) is 12.1 Å². The summed E-state index contributed by atoms with van der Waals surface area (Å²) in [5, 5.41) is 3.57. The molecule has 0 radical (unpaired) electrons. The average molecular weight is 362 g/mol. The molecule has 1 heterocycles. The first-order chi connectivity index (χ1) is 12.0. The Morgan fingerprint density at radius 1 is 1.04 bits per heavy atom. The van der Waals surface area contributed by atoms with Gasteiger partial charge < -0.3 is 10.2 Å². The van der Waals surface area contributed by atoms with E-state index >= 15 is 0 Å². The summed E-state index contributed by atoms with van der Waals surface area (Å²) >= 11 is 5.93. The zero-order valence-electron chi connectivity index (χ0n) is 14.1. The molecule has 1 aliphatic rings. The van der Waals surface area contributed by atoms with Crippen LogP contribution in [0.15, 0.2) is 48.5 Å². The van der Waals surface area contributed by atoms with Crippen molar-refractivity contribution in [2.24, 2.45) is 0 Å². The molecule has 1 fully saturated rings. The second kappa shape index (κ2) is 7.85. The molecule has 1 N–H and O–H groups in total. The minimum atomic E-state index is -0.315. The molecule has 1 aliphatic heterocycles. The molecule has 0 saturated carbocycles. The van der Waals surface area contributed by atoms with Crippen LogP contribution in [0.1, 0.15) is 6.92 Å². The smallest absolute Gasteiger partial charge is 0.241 e. The van der Waals surface area contributed by atoms with Crippen molar-refractivity contribution in [3.63, 3.8) is 0 Å². The number of carbonyl (C=O) groups is 1. The lowest BCUT2D eigenvalue weighted by atomic mass is 10.2. The first-order valence-electron chi connectivity index (χ1n) is 8.34. The van der Waals surface area contributed by atoms with Crippen molar-refractivity contribution >= 4 is 28.9 Å². The van der Waals surface area contributed by atoms with Crippen molar-refractivity contribution in [2.75, 3.05) is 36.4 Å². The topological polar surface area (TPSA) is 35.6 Å². The molecule has 0 spiro atoms. The Bertz CT molecular complexity index is 712. The van der Waals surface area contributed by atoms with Gasteiger partial charge in [-0.1, -0.05) is 11.6 Å². The zero-order valence-corrected chi connectivity index (χ0v) is 14.8. The van der Waals surface area contributed by atoms with Crippen molar-refractivity contribution in [1.82, 2.24) is 4.90 Å². The van der Waals surface area contributed by atoms with Gasteiger partial charge >= 0.3 is 0 Å². The summed E-state index contributed by atoms with van der Waals surface area (Å²) in [5.41, 5.74) is 1.76. The van der Waals surface area contributed by atoms with Crippen LogP contribution in [0.25, 0.3) is 0 Å². The number of anilines is 2. The molecular formula is C19H21ClFN3O. The van der Waals surface area contributed by atoms with Gasteiger partial charge in [0.2, 0.25) is 5.91 Å². The van der Waals surface area contributed by atoms with E-state index in [9.17, 15) is 9.18 Å². The van der Waals surface area contributed by atoms with Crippen LogP contribution in [-0.4, -0.2) is 43.0 Å². The summed E-state index contributed by atoms with van der Waals surface area (Å²) in [5.74, 6) is -0.393. The fraction of sp³-hybridized carbons (Fsp3) is 0.316. The lowest BCUT2D eigenvalue weighted by molar-refractivity contribution is -0.120. The van der Waals surface area contributed by atoms with E-state index in [4.69, 9.17) is 11.6 Å². The quantitative estimate of drug-likeness (QED) is 0.903. The van der Waals surface area contributed by atoms with Crippen molar-refractivity contribution in [1.29, 1.82) is 0 Å². The zero-order chi connectivity index (χ0) is 17.8. The molecule has 132 valence electrons. The summed E-state index contributed by atoms with van der Waals surface area (Å²) in [6.07, 6.45) is 0. The fourth-order valence-corrected chi connectivity index (χ4v) is 3.09. The molecule has 1 amide bonds. The Morgan fingerprint density at radius 2 is 1.64 bits per heavy atom. The first-order valence-corrected chi connectivity index (χ1v) is 8.72. The summed E-state index contributed by atoms with van der Waals surface area (Å²) in [6.45, 7) is 5.23. The number of amides is 1. The summed E-state index contributed by atoms with van der Waals surface area (Å²) in [4.78, 5) is 16.9. The number of piperazine rings is 1. The lowest BCUT2D eigenvalue weighted by Gasteiger charge is -2.38. The third-order valence-corrected chi connectivity index (χ3v) is 4.80. The van der Waals surface area contributed by atoms with E-state index in [1.807, 2.05) is 31.2 Å². The maximum atomic E-state index is 12.9. The minimum absolute atomic E-state index is 0.0773. The largest absolute Gasteiger partial charge is 0.369 e. The summed E-state index contributed by atoms with van der Waals surface area (Å²) in [6, 6.07) is 13.4. The average Bonchev–Trinajstić information content (AvgIpc) is 2.64.